The molecule has 2 atom stereocenters. The summed E-state index contributed by atoms with van der Waals surface area (Å²) in [6.07, 6.45) is -0.134. The Bertz CT molecular complexity index is 1680. The van der Waals surface area contributed by atoms with Gasteiger partial charge in [0.25, 0.3) is 0 Å². The van der Waals surface area contributed by atoms with E-state index in [9.17, 15) is 19.5 Å². The van der Waals surface area contributed by atoms with E-state index in [0.717, 1.165) is 5.56 Å². The summed E-state index contributed by atoms with van der Waals surface area (Å²) in [5, 5.41) is 12.9. The molecule has 2 N–H and O–H groups in total. The Labute approximate surface area is 272 Å². The lowest BCUT2D eigenvalue weighted by Crippen LogP contribution is -2.38. The van der Waals surface area contributed by atoms with Crippen LogP contribution in [0.4, 0.5) is 11.4 Å². The average Bonchev–Trinajstić information content (AvgIpc) is 3.23. The van der Waals surface area contributed by atoms with Crippen LogP contribution >= 0.6 is 0 Å². The van der Waals surface area contributed by atoms with Crippen LogP contribution < -0.4 is 38.6 Å². The minimum atomic E-state index is -1.11. The number of Topliss-reactive ketones (excluding diaryl/α,β-unsaturated/α-hetero) is 1. The molecule has 0 aromatic heterocycles. The molecule has 0 bridgehead atoms. The number of fused-ring (bicyclic) bond motifs is 1. The van der Waals surface area contributed by atoms with E-state index in [1.807, 2.05) is 24.3 Å². The minimum absolute atomic E-state index is 0.119. The third kappa shape index (κ3) is 6.23. The Morgan fingerprint density at radius 2 is 1.30 bits per heavy atom. The normalized spacial score (nSPS) is 17.1. The standard InChI is InChI=1S/C35H38N2O10/c1-42-26-15-20(16-27(43-2)34(26)46-5)19-13-23-32(25(38)14-19)33(21-17-28(44-3)35(47-6)29(18-21)45-4)37(30(39)11-12-31(40)41)24-10-8-7-9-22(24)36-23/h7-10,15-19,33,36H,11-14H2,1-6H3,(H,40,41). The molecule has 1 heterocycles. The molecule has 248 valence electrons. The number of ketones is 1. The molecular formula is C35H38N2O10. The first-order valence-corrected chi connectivity index (χ1v) is 14.9. The quantitative estimate of drug-likeness (QED) is 0.273. The average molecular weight is 647 g/mol. The highest BCUT2D eigenvalue weighted by Gasteiger charge is 2.42. The number of aliphatic carboxylic acids is 1. The highest BCUT2D eigenvalue weighted by molar-refractivity contribution is 6.07. The van der Waals surface area contributed by atoms with Crippen molar-refractivity contribution in [2.24, 2.45) is 0 Å². The van der Waals surface area contributed by atoms with Crippen LogP contribution in [0.25, 0.3) is 0 Å². The lowest BCUT2D eigenvalue weighted by Gasteiger charge is -2.35. The number of rotatable bonds is 11. The maximum Gasteiger partial charge on any atom is 0.303 e. The first-order chi connectivity index (χ1) is 22.7. The van der Waals surface area contributed by atoms with Crippen LogP contribution in [-0.4, -0.2) is 65.4 Å². The van der Waals surface area contributed by atoms with E-state index >= 15 is 0 Å². The first kappa shape index (κ1) is 33.0. The van der Waals surface area contributed by atoms with E-state index < -0.39 is 17.9 Å². The van der Waals surface area contributed by atoms with Crippen molar-refractivity contribution in [1.82, 2.24) is 0 Å². The van der Waals surface area contributed by atoms with Gasteiger partial charge in [0.2, 0.25) is 17.4 Å². The molecule has 0 spiro atoms. The second kappa shape index (κ2) is 13.9. The Balaban J connectivity index is 1.74. The van der Waals surface area contributed by atoms with Crippen molar-refractivity contribution in [2.75, 3.05) is 52.9 Å². The number of carbonyl (C=O) groups excluding carboxylic acids is 2. The molecule has 0 saturated carbocycles. The number of nitrogens with one attached hydrogen (secondary N) is 1. The van der Waals surface area contributed by atoms with Gasteiger partial charge in [0.15, 0.2) is 28.8 Å². The number of carboxylic acids is 1. The monoisotopic (exact) mass is 646 g/mol. The number of methoxy groups -OCH3 is 6. The number of allylic oxidation sites excluding steroid dienone is 1. The molecule has 47 heavy (non-hydrogen) atoms. The molecule has 12 nitrogen and oxygen atoms in total. The number of benzene rings is 3. The Kier molecular flexibility index (Phi) is 9.78. The Morgan fingerprint density at radius 3 is 1.81 bits per heavy atom. The number of carboxylic acid groups (broad SMARTS) is 1. The van der Waals surface area contributed by atoms with Crippen molar-refractivity contribution in [3.05, 3.63) is 70.9 Å². The fraction of sp³-hybridized carbons (Fsp3) is 0.343. The number of para-hydroxylation sites is 2. The molecule has 3 aromatic rings. The Hall–Kier alpha value is -5.39. The smallest absolute Gasteiger partial charge is 0.303 e. The summed E-state index contributed by atoms with van der Waals surface area (Å²) in [6.45, 7) is 0. The number of nitrogens with zero attached hydrogens (tertiary/aromatic N) is 1. The predicted octanol–water partition coefficient (Wildman–Crippen LogP) is 5.50. The number of amides is 1. The van der Waals surface area contributed by atoms with Crippen LogP contribution in [0.15, 0.2) is 59.8 Å². The van der Waals surface area contributed by atoms with Gasteiger partial charge in [-0.25, -0.2) is 0 Å². The van der Waals surface area contributed by atoms with Gasteiger partial charge in [0.1, 0.15) is 0 Å². The number of hydrogen-bond acceptors (Lipinski definition) is 10. The number of hydrogen-bond donors (Lipinski definition) is 2. The zero-order valence-corrected chi connectivity index (χ0v) is 27.2. The zero-order valence-electron chi connectivity index (χ0n) is 27.2. The maximum absolute atomic E-state index is 14.5. The fourth-order valence-corrected chi connectivity index (χ4v) is 6.35. The summed E-state index contributed by atoms with van der Waals surface area (Å²) in [7, 11) is 9.06. The summed E-state index contributed by atoms with van der Waals surface area (Å²) in [4.78, 5) is 41.6. The van der Waals surface area contributed by atoms with E-state index in [0.29, 0.717) is 69.1 Å². The van der Waals surface area contributed by atoms with Crippen LogP contribution in [0.5, 0.6) is 34.5 Å². The lowest BCUT2D eigenvalue weighted by molar-refractivity contribution is -0.138. The van der Waals surface area contributed by atoms with E-state index in [2.05, 4.69) is 5.32 Å². The van der Waals surface area contributed by atoms with Crippen molar-refractivity contribution >= 4 is 29.0 Å². The van der Waals surface area contributed by atoms with Crippen molar-refractivity contribution < 1.29 is 47.9 Å². The van der Waals surface area contributed by atoms with Crippen LogP contribution in [0.2, 0.25) is 0 Å². The van der Waals surface area contributed by atoms with Gasteiger partial charge in [-0.3, -0.25) is 19.3 Å². The number of anilines is 2. The molecule has 0 radical (unpaired) electrons. The van der Waals surface area contributed by atoms with Gasteiger partial charge >= 0.3 is 5.97 Å². The molecule has 1 aliphatic carbocycles. The van der Waals surface area contributed by atoms with Gasteiger partial charge in [0, 0.05) is 24.1 Å². The summed E-state index contributed by atoms with van der Waals surface area (Å²) >= 11 is 0. The van der Waals surface area contributed by atoms with Gasteiger partial charge in [-0.15, -0.1) is 0 Å². The molecule has 1 aliphatic heterocycles. The predicted molar refractivity (Wildman–Crippen MR) is 173 cm³/mol. The van der Waals surface area contributed by atoms with Crippen LogP contribution in [0.3, 0.4) is 0 Å². The SMILES string of the molecule is COc1cc(C2CC(=O)C3=C(C2)Nc2ccccc2N(C(=O)CCC(=O)O)C3c2cc(OC)c(OC)c(OC)c2)cc(OC)c1OC. The second-order valence-corrected chi connectivity index (χ2v) is 11.0. The maximum atomic E-state index is 14.5. The number of ether oxygens (including phenoxy) is 6. The van der Waals surface area contributed by atoms with Gasteiger partial charge in [0.05, 0.1) is 66.5 Å². The summed E-state index contributed by atoms with van der Waals surface area (Å²) in [6, 6.07) is 13.4. The summed E-state index contributed by atoms with van der Waals surface area (Å²) < 4.78 is 33.5. The highest BCUT2D eigenvalue weighted by atomic mass is 16.5. The summed E-state index contributed by atoms with van der Waals surface area (Å²) in [5.74, 6) is 0.375. The molecular weight excluding hydrogens is 608 g/mol. The largest absolute Gasteiger partial charge is 0.493 e. The van der Waals surface area contributed by atoms with E-state index in [-0.39, 0.29) is 31.0 Å². The molecule has 12 heteroatoms. The third-order valence-electron chi connectivity index (χ3n) is 8.47. The van der Waals surface area contributed by atoms with Gasteiger partial charge in [-0.1, -0.05) is 12.1 Å². The van der Waals surface area contributed by atoms with Gasteiger partial charge in [-0.05, 0) is 59.9 Å². The first-order valence-electron chi connectivity index (χ1n) is 14.9. The lowest BCUT2D eigenvalue weighted by atomic mass is 9.78. The van der Waals surface area contributed by atoms with E-state index in [4.69, 9.17) is 28.4 Å². The fourth-order valence-electron chi connectivity index (χ4n) is 6.35. The minimum Gasteiger partial charge on any atom is -0.493 e. The van der Waals surface area contributed by atoms with Crippen LogP contribution in [0, 0.1) is 0 Å². The zero-order chi connectivity index (χ0) is 33.8. The summed E-state index contributed by atoms with van der Waals surface area (Å²) in [5.41, 5.74) is 3.43. The van der Waals surface area contributed by atoms with E-state index in [1.54, 1.807) is 24.3 Å². The molecule has 3 aromatic carbocycles. The van der Waals surface area contributed by atoms with Crippen LogP contribution in [0.1, 0.15) is 48.8 Å². The number of carbonyl (C=O) groups is 3. The topological polar surface area (TPSA) is 142 Å². The highest BCUT2D eigenvalue weighted by Crippen LogP contribution is 2.51. The van der Waals surface area contributed by atoms with Crippen molar-refractivity contribution in [2.45, 2.75) is 37.6 Å². The van der Waals surface area contributed by atoms with Gasteiger partial charge in [-0.2, -0.15) is 0 Å². The Morgan fingerprint density at radius 1 is 0.766 bits per heavy atom. The van der Waals surface area contributed by atoms with E-state index in [1.165, 1.54) is 47.6 Å². The van der Waals surface area contributed by atoms with Crippen LogP contribution in [-0.2, 0) is 14.4 Å². The van der Waals surface area contributed by atoms with Crippen molar-refractivity contribution in [3.8, 4) is 34.5 Å². The molecule has 1 amide bonds. The van der Waals surface area contributed by atoms with Crippen molar-refractivity contribution in [1.29, 1.82) is 0 Å². The molecule has 5 rings (SSSR count). The molecule has 0 saturated heterocycles. The molecule has 2 unspecified atom stereocenters. The van der Waals surface area contributed by atoms with Crippen molar-refractivity contribution in [3.63, 3.8) is 0 Å². The molecule has 0 fully saturated rings. The second-order valence-electron chi connectivity index (χ2n) is 11.0. The molecule has 2 aliphatic rings. The van der Waals surface area contributed by atoms with Gasteiger partial charge < -0.3 is 38.8 Å². The third-order valence-corrected chi connectivity index (χ3v) is 8.47.